The van der Waals surface area contributed by atoms with E-state index in [2.05, 4.69) is 15.3 Å². The number of carbonyl (C=O) groups excluding carboxylic acids is 1. The number of hydrogen-bond donors (Lipinski definition) is 2. The van der Waals surface area contributed by atoms with Gasteiger partial charge in [0, 0.05) is 11.6 Å². The summed E-state index contributed by atoms with van der Waals surface area (Å²) in [6, 6.07) is 15.8. The molecule has 2 aromatic carbocycles. The Balaban J connectivity index is 1.80. The van der Waals surface area contributed by atoms with Gasteiger partial charge >= 0.3 is 0 Å². The summed E-state index contributed by atoms with van der Waals surface area (Å²) in [5.41, 5.74) is 3.90. The van der Waals surface area contributed by atoms with Gasteiger partial charge in [0.25, 0.3) is 0 Å². The number of hydrogen-bond acceptors (Lipinski definition) is 3. The number of aromatic amines is 1. The molecular formula is C17H17N3O. The van der Waals surface area contributed by atoms with E-state index < -0.39 is 0 Å². The second-order valence-corrected chi connectivity index (χ2v) is 5.18. The molecule has 0 fully saturated rings. The molecule has 3 aromatic rings. The molecule has 2 N–H and O–H groups in total. The van der Waals surface area contributed by atoms with Crippen LogP contribution in [0.2, 0.25) is 0 Å². The number of anilines is 2. The van der Waals surface area contributed by atoms with Crippen LogP contribution in [0.5, 0.6) is 0 Å². The molecule has 0 saturated carbocycles. The molecule has 0 amide bonds. The Morgan fingerprint density at radius 1 is 1.14 bits per heavy atom. The van der Waals surface area contributed by atoms with Crippen molar-refractivity contribution in [3.8, 4) is 0 Å². The number of fused-ring (bicyclic) bond motifs is 1. The van der Waals surface area contributed by atoms with Crippen molar-refractivity contribution in [3.05, 3.63) is 54.1 Å². The molecule has 4 nitrogen and oxygen atoms in total. The third-order valence-electron chi connectivity index (χ3n) is 3.67. The van der Waals surface area contributed by atoms with Crippen molar-refractivity contribution in [3.63, 3.8) is 0 Å². The number of nitrogens with one attached hydrogen (secondary N) is 2. The van der Waals surface area contributed by atoms with Gasteiger partial charge in [0.05, 0.1) is 11.0 Å². The minimum absolute atomic E-state index is 0.0646. The highest BCUT2D eigenvalue weighted by Crippen LogP contribution is 2.21. The highest BCUT2D eigenvalue weighted by molar-refractivity contribution is 5.83. The van der Waals surface area contributed by atoms with Crippen molar-refractivity contribution in [2.24, 2.45) is 0 Å². The summed E-state index contributed by atoms with van der Waals surface area (Å²) in [5, 5.41) is 3.24. The first kappa shape index (κ1) is 13.4. The quantitative estimate of drug-likeness (QED) is 0.759. The van der Waals surface area contributed by atoms with Gasteiger partial charge in [-0.15, -0.1) is 0 Å². The predicted octanol–water partition coefficient (Wildman–Crippen LogP) is 4.00. The van der Waals surface area contributed by atoms with E-state index in [0.29, 0.717) is 5.95 Å². The van der Waals surface area contributed by atoms with Crippen LogP contribution >= 0.6 is 0 Å². The van der Waals surface area contributed by atoms with Crippen LogP contribution in [0.4, 0.5) is 11.6 Å². The number of rotatable bonds is 4. The fourth-order valence-corrected chi connectivity index (χ4v) is 2.24. The Hall–Kier alpha value is -2.62. The van der Waals surface area contributed by atoms with E-state index >= 15 is 0 Å². The van der Waals surface area contributed by atoms with Crippen LogP contribution in [-0.2, 0) is 4.79 Å². The number of imidazole rings is 1. The summed E-state index contributed by atoms with van der Waals surface area (Å²) in [6.45, 7) is 3.54. The smallest absolute Gasteiger partial charge is 0.205 e. The minimum Gasteiger partial charge on any atom is -0.326 e. The maximum absolute atomic E-state index is 11.4. The summed E-state index contributed by atoms with van der Waals surface area (Å²) in [4.78, 5) is 19.1. The van der Waals surface area contributed by atoms with E-state index in [0.717, 1.165) is 22.3 Å². The lowest BCUT2D eigenvalue weighted by Crippen LogP contribution is -2.04. The molecular weight excluding hydrogens is 262 g/mol. The lowest BCUT2D eigenvalue weighted by molar-refractivity contribution is -0.118. The number of aromatic nitrogens is 2. The third-order valence-corrected chi connectivity index (χ3v) is 3.67. The Morgan fingerprint density at radius 3 is 2.52 bits per heavy atom. The first-order chi connectivity index (χ1) is 10.1. The summed E-state index contributed by atoms with van der Waals surface area (Å²) in [7, 11) is 0. The van der Waals surface area contributed by atoms with Crippen molar-refractivity contribution in [2.45, 2.75) is 19.8 Å². The summed E-state index contributed by atoms with van der Waals surface area (Å²) in [6.07, 6.45) is 0. The predicted molar refractivity (Wildman–Crippen MR) is 84.9 cm³/mol. The van der Waals surface area contributed by atoms with Gasteiger partial charge in [-0.2, -0.15) is 0 Å². The zero-order chi connectivity index (χ0) is 14.8. The number of ketones is 1. The number of benzene rings is 2. The van der Waals surface area contributed by atoms with Crippen molar-refractivity contribution in [1.29, 1.82) is 0 Å². The van der Waals surface area contributed by atoms with E-state index in [9.17, 15) is 4.79 Å². The standard InChI is InChI=1S/C17H17N3O/c1-11(12(2)21)13-7-9-14(10-8-13)18-17-19-15-5-3-4-6-16(15)20-17/h3-11H,1-2H3,(H2,18,19,20). The summed E-state index contributed by atoms with van der Waals surface area (Å²) < 4.78 is 0. The molecule has 1 aromatic heterocycles. The van der Waals surface area contributed by atoms with Crippen LogP contribution < -0.4 is 5.32 Å². The summed E-state index contributed by atoms with van der Waals surface area (Å²) >= 11 is 0. The van der Waals surface area contributed by atoms with Crippen molar-refractivity contribution in [1.82, 2.24) is 9.97 Å². The van der Waals surface area contributed by atoms with Crippen LogP contribution in [0.25, 0.3) is 11.0 Å². The van der Waals surface area contributed by atoms with Crippen molar-refractivity contribution < 1.29 is 4.79 Å². The molecule has 0 radical (unpaired) electrons. The largest absolute Gasteiger partial charge is 0.326 e. The molecule has 1 atom stereocenters. The molecule has 1 unspecified atom stereocenters. The topological polar surface area (TPSA) is 57.8 Å². The molecule has 0 aliphatic rings. The second-order valence-electron chi connectivity index (χ2n) is 5.18. The van der Waals surface area contributed by atoms with E-state index in [1.54, 1.807) is 6.92 Å². The Bertz CT molecular complexity index is 741. The average molecular weight is 279 g/mol. The van der Waals surface area contributed by atoms with Crippen molar-refractivity contribution in [2.75, 3.05) is 5.32 Å². The molecule has 4 heteroatoms. The van der Waals surface area contributed by atoms with Crippen LogP contribution in [0.3, 0.4) is 0 Å². The van der Waals surface area contributed by atoms with Crippen molar-refractivity contribution >= 4 is 28.5 Å². The second kappa shape index (κ2) is 5.40. The van der Waals surface area contributed by atoms with E-state index in [4.69, 9.17) is 0 Å². The molecule has 3 rings (SSSR count). The van der Waals surface area contributed by atoms with E-state index in [1.807, 2.05) is 55.5 Å². The maximum Gasteiger partial charge on any atom is 0.205 e. The van der Waals surface area contributed by atoms with Crippen LogP contribution in [-0.4, -0.2) is 15.8 Å². The van der Waals surface area contributed by atoms with Crippen LogP contribution in [0.15, 0.2) is 48.5 Å². The van der Waals surface area contributed by atoms with Crippen LogP contribution in [0.1, 0.15) is 25.3 Å². The maximum atomic E-state index is 11.4. The van der Waals surface area contributed by atoms with E-state index in [1.165, 1.54) is 0 Å². The van der Waals surface area contributed by atoms with Gasteiger partial charge in [-0.1, -0.05) is 31.2 Å². The molecule has 106 valence electrons. The molecule has 0 aliphatic heterocycles. The van der Waals surface area contributed by atoms with Gasteiger partial charge in [-0.05, 0) is 36.8 Å². The number of Topliss-reactive ketones (excluding diaryl/α,β-unsaturated/α-hetero) is 1. The number of carbonyl (C=O) groups is 1. The number of nitrogens with zero attached hydrogens (tertiary/aromatic N) is 1. The Morgan fingerprint density at radius 2 is 1.86 bits per heavy atom. The fraction of sp³-hybridized carbons (Fsp3) is 0.176. The van der Waals surface area contributed by atoms with Gasteiger partial charge in [0.15, 0.2) is 0 Å². The monoisotopic (exact) mass is 279 g/mol. The minimum atomic E-state index is -0.0646. The Labute approximate surface area is 123 Å². The Kier molecular flexibility index (Phi) is 3.44. The SMILES string of the molecule is CC(=O)C(C)c1ccc(Nc2nc3ccccc3[nH]2)cc1. The molecule has 0 aliphatic carbocycles. The average Bonchev–Trinajstić information content (AvgIpc) is 2.89. The first-order valence-electron chi connectivity index (χ1n) is 6.95. The molecule has 0 bridgehead atoms. The first-order valence-corrected chi connectivity index (χ1v) is 6.95. The lowest BCUT2D eigenvalue weighted by atomic mass is 9.97. The normalized spacial score (nSPS) is 12.3. The van der Waals surface area contributed by atoms with E-state index in [-0.39, 0.29) is 11.7 Å². The summed E-state index contributed by atoms with van der Waals surface area (Å²) in [5.74, 6) is 0.821. The highest BCUT2D eigenvalue weighted by Gasteiger charge is 2.10. The molecule has 0 spiro atoms. The highest BCUT2D eigenvalue weighted by atomic mass is 16.1. The number of H-pyrrole nitrogens is 1. The van der Waals surface area contributed by atoms with Gasteiger partial charge in [-0.25, -0.2) is 4.98 Å². The third kappa shape index (κ3) is 2.79. The van der Waals surface area contributed by atoms with Gasteiger partial charge in [-0.3, -0.25) is 4.79 Å². The lowest BCUT2D eigenvalue weighted by Gasteiger charge is -2.09. The fourth-order valence-electron chi connectivity index (χ4n) is 2.24. The molecule has 1 heterocycles. The van der Waals surface area contributed by atoms with Gasteiger partial charge < -0.3 is 10.3 Å². The zero-order valence-electron chi connectivity index (χ0n) is 12.1. The van der Waals surface area contributed by atoms with Gasteiger partial charge in [0.1, 0.15) is 5.78 Å². The van der Waals surface area contributed by atoms with Gasteiger partial charge in [0.2, 0.25) is 5.95 Å². The van der Waals surface area contributed by atoms with Crippen LogP contribution in [0, 0.1) is 0 Å². The molecule has 21 heavy (non-hydrogen) atoms. The number of para-hydroxylation sites is 2. The molecule has 0 saturated heterocycles. The zero-order valence-corrected chi connectivity index (χ0v) is 12.1.